The predicted molar refractivity (Wildman–Crippen MR) is 89.1 cm³/mol. The second-order valence-electron chi connectivity index (χ2n) is 9.10. The van der Waals surface area contributed by atoms with Gasteiger partial charge in [-0.15, -0.1) is 0 Å². The Labute approximate surface area is 144 Å². The molecule has 0 unspecified atom stereocenters. The molecule has 1 saturated heterocycles. The fourth-order valence-corrected chi connectivity index (χ4v) is 7.16. The molecule has 2 N–H and O–H groups in total. The molecule has 4 aliphatic carbocycles. The highest BCUT2D eigenvalue weighted by atomic mass is 16.7. The van der Waals surface area contributed by atoms with Crippen molar-refractivity contribution in [1.82, 2.24) is 0 Å². The van der Waals surface area contributed by atoms with E-state index in [1.54, 1.807) is 0 Å². The lowest BCUT2D eigenvalue weighted by Gasteiger charge is -2.58. The molecule has 0 amide bonds. The van der Waals surface area contributed by atoms with Gasteiger partial charge in [-0.1, -0.05) is 12.2 Å². The third-order valence-electron chi connectivity index (χ3n) is 8.08. The molecule has 24 heavy (non-hydrogen) atoms. The van der Waals surface area contributed by atoms with Gasteiger partial charge in [-0.2, -0.15) is 0 Å². The zero-order valence-corrected chi connectivity index (χ0v) is 14.5. The third-order valence-corrected chi connectivity index (χ3v) is 8.08. The van der Waals surface area contributed by atoms with Gasteiger partial charge in [0.1, 0.15) is 0 Å². The van der Waals surface area contributed by atoms with E-state index in [0.29, 0.717) is 49.2 Å². The van der Waals surface area contributed by atoms with Crippen molar-refractivity contribution in [2.45, 2.75) is 68.9 Å². The number of hydrogen-bond acceptors (Lipinski definition) is 4. The Morgan fingerprint density at radius 1 is 0.958 bits per heavy atom. The van der Waals surface area contributed by atoms with Crippen molar-refractivity contribution in [2.75, 3.05) is 13.2 Å². The van der Waals surface area contributed by atoms with Gasteiger partial charge in [-0.3, -0.25) is 0 Å². The first kappa shape index (κ1) is 15.8. The van der Waals surface area contributed by atoms with E-state index >= 15 is 0 Å². The van der Waals surface area contributed by atoms with Crippen molar-refractivity contribution >= 4 is 0 Å². The molecular formula is C20H30O4. The van der Waals surface area contributed by atoms with Crippen LogP contribution in [0.15, 0.2) is 12.2 Å². The van der Waals surface area contributed by atoms with Crippen LogP contribution in [0.2, 0.25) is 0 Å². The van der Waals surface area contributed by atoms with E-state index in [4.69, 9.17) is 9.47 Å². The number of aliphatic hydroxyl groups excluding tert-OH is 1. The molecule has 4 saturated carbocycles. The molecule has 1 heterocycles. The van der Waals surface area contributed by atoms with Crippen LogP contribution in [0, 0.1) is 29.6 Å². The standard InChI is InChI=1S/C20H30O4/c1-12-10-15-13(2-3-17(15)21)14-4-6-19(22)11-20(23-8-9-24-20)7-5-16(19)18(12)14/h13-18,21-22H,1-11H2/t13-,14-,15-,16+,17-,18-,19+/m0/s1. The van der Waals surface area contributed by atoms with Crippen molar-refractivity contribution < 1.29 is 19.7 Å². The number of hydrogen-bond donors (Lipinski definition) is 2. The summed E-state index contributed by atoms with van der Waals surface area (Å²) in [5.74, 6) is 1.85. The Balaban J connectivity index is 1.43. The summed E-state index contributed by atoms with van der Waals surface area (Å²) in [4.78, 5) is 0. The minimum Gasteiger partial charge on any atom is -0.393 e. The van der Waals surface area contributed by atoms with E-state index in [1.165, 1.54) is 5.57 Å². The van der Waals surface area contributed by atoms with Crippen LogP contribution in [0.5, 0.6) is 0 Å². The van der Waals surface area contributed by atoms with Crippen LogP contribution < -0.4 is 0 Å². The molecule has 1 aliphatic heterocycles. The fraction of sp³-hybridized carbons (Fsp3) is 0.900. The molecule has 1 spiro atoms. The second-order valence-corrected chi connectivity index (χ2v) is 9.10. The lowest BCUT2D eigenvalue weighted by molar-refractivity contribution is -0.250. The largest absolute Gasteiger partial charge is 0.393 e. The maximum atomic E-state index is 11.5. The first-order valence-corrected chi connectivity index (χ1v) is 9.87. The number of fused-ring (bicyclic) bond motifs is 5. The number of rotatable bonds is 0. The highest BCUT2D eigenvalue weighted by Gasteiger charge is 2.60. The Morgan fingerprint density at radius 3 is 2.54 bits per heavy atom. The molecule has 4 heteroatoms. The van der Waals surface area contributed by atoms with Crippen LogP contribution in [-0.4, -0.2) is 40.9 Å². The second kappa shape index (κ2) is 5.29. The zero-order valence-electron chi connectivity index (χ0n) is 14.5. The molecule has 0 radical (unpaired) electrons. The summed E-state index contributed by atoms with van der Waals surface area (Å²) in [6, 6.07) is 0. The molecule has 0 aromatic rings. The minimum absolute atomic E-state index is 0.136. The summed E-state index contributed by atoms with van der Waals surface area (Å²) in [6.45, 7) is 5.73. The van der Waals surface area contributed by atoms with Crippen LogP contribution in [-0.2, 0) is 9.47 Å². The van der Waals surface area contributed by atoms with Crippen LogP contribution in [0.4, 0.5) is 0 Å². The van der Waals surface area contributed by atoms with Gasteiger partial charge in [-0.05, 0) is 68.1 Å². The van der Waals surface area contributed by atoms with Gasteiger partial charge < -0.3 is 19.7 Å². The van der Waals surface area contributed by atoms with Crippen molar-refractivity contribution in [3.05, 3.63) is 12.2 Å². The number of allylic oxidation sites excluding steroid dienone is 1. The predicted octanol–water partition coefficient (Wildman–Crippen LogP) is 2.63. The van der Waals surface area contributed by atoms with Crippen LogP contribution in [0.3, 0.4) is 0 Å². The fourth-order valence-electron chi connectivity index (χ4n) is 7.16. The van der Waals surface area contributed by atoms with Crippen LogP contribution in [0.25, 0.3) is 0 Å². The topological polar surface area (TPSA) is 58.9 Å². The monoisotopic (exact) mass is 334 g/mol. The summed E-state index contributed by atoms with van der Waals surface area (Å²) >= 11 is 0. The molecule has 0 aromatic carbocycles. The molecule has 4 nitrogen and oxygen atoms in total. The summed E-state index contributed by atoms with van der Waals surface area (Å²) in [7, 11) is 0. The average Bonchev–Trinajstić information content (AvgIpc) is 3.14. The average molecular weight is 334 g/mol. The number of aliphatic hydroxyl groups is 2. The summed E-state index contributed by atoms with van der Waals surface area (Å²) in [5.41, 5.74) is 0.617. The summed E-state index contributed by atoms with van der Waals surface area (Å²) in [6.07, 6.45) is 7.32. The van der Waals surface area contributed by atoms with Gasteiger partial charge >= 0.3 is 0 Å². The molecule has 5 fully saturated rings. The molecule has 5 rings (SSSR count). The molecule has 5 aliphatic rings. The molecule has 134 valence electrons. The Bertz CT molecular complexity index is 540. The van der Waals surface area contributed by atoms with Crippen molar-refractivity contribution in [1.29, 1.82) is 0 Å². The van der Waals surface area contributed by atoms with Gasteiger partial charge in [0, 0.05) is 12.8 Å². The Morgan fingerprint density at radius 2 is 1.75 bits per heavy atom. The third kappa shape index (κ3) is 2.13. The molecule has 0 bridgehead atoms. The van der Waals surface area contributed by atoms with Crippen LogP contribution >= 0.6 is 0 Å². The molecule has 0 aromatic heterocycles. The maximum Gasteiger partial charge on any atom is 0.171 e. The van der Waals surface area contributed by atoms with Gasteiger partial charge in [0.05, 0.1) is 24.9 Å². The van der Waals surface area contributed by atoms with E-state index in [2.05, 4.69) is 6.58 Å². The highest BCUT2D eigenvalue weighted by molar-refractivity contribution is 5.20. The van der Waals surface area contributed by atoms with E-state index in [0.717, 1.165) is 44.9 Å². The van der Waals surface area contributed by atoms with Gasteiger partial charge in [0.15, 0.2) is 5.79 Å². The van der Waals surface area contributed by atoms with E-state index in [-0.39, 0.29) is 6.10 Å². The normalized spacial score (nSPS) is 52.8. The first-order valence-electron chi connectivity index (χ1n) is 9.87. The minimum atomic E-state index is -0.670. The smallest absolute Gasteiger partial charge is 0.171 e. The highest BCUT2D eigenvalue weighted by Crippen LogP contribution is 2.61. The zero-order chi connectivity index (χ0) is 16.5. The van der Waals surface area contributed by atoms with Crippen molar-refractivity contribution in [2.24, 2.45) is 29.6 Å². The summed E-state index contributed by atoms with van der Waals surface area (Å²) in [5, 5.41) is 21.8. The van der Waals surface area contributed by atoms with Gasteiger partial charge in [0.2, 0.25) is 0 Å². The maximum absolute atomic E-state index is 11.5. The number of ether oxygens (including phenoxy) is 2. The van der Waals surface area contributed by atoms with E-state index in [9.17, 15) is 10.2 Å². The van der Waals surface area contributed by atoms with Gasteiger partial charge in [-0.25, -0.2) is 0 Å². The van der Waals surface area contributed by atoms with Crippen molar-refractivity contribution in [3.8, 4) is 0 Å². The quantitative estimate of drug-likeness (QED) is 0.669. The first-order chi connectivity index (χ1) is 11.5. The van der Waals surface area contributed by atoms with Crippen LogP contribution in [0.1, 0.15) is 51.4 Å². The Hall–Kier alpha value is -0.420. The van der Waals surface area contributed by atoms with E-state index < -0.39 is 11.4 Å². The summed E-state index contributed by atoms with van der Waals surface area (Å²) < 4.78 is 11.8. The lowest BCUT2D eigenvalue weighted by Crippen LogP contribution is -2.59. The SMILES string of the molecule is C=C1C[C@H]2[C@@H](CC[C@@H]2O)[C@@H]2CC[C@@]3(O)CC4(CC[C@@H]3[C@@H]12)OCCO4. The van der Waals surface area contributed by atoms with Crippen molar-refractivity contribution in [3.63, 3.8) is 0 Å². The van der Waals surface area contributed by atoms with E-state index in [1.807, 2.05) is 0 Å². The Kier molecular flexibility index (Phi) is 3.48. The van der Waals surface area contributed by atoms with Gasteiger partial charge in [0.25, 0.3) is 0 Å². The molecule has 7 atom stereocenters. The lowest BCUT2D eigenvalue weighted by atomic mass is 9.50. The molecular weight excluding hydrogens is 304 g/mol.